The molecule has 0 saturated carbocycles. The van der Waals surface area contributed by atoms with E-state index in [2.05, 4.69) is 27.3 Å². The molecule has 0 bridgehead atoms. The van der Waals surface area contributed by atoms with E-state index >= 15 is 0 Å². The van der Waals surface area contributed by atoms with E-state index in [9.17, 15) is 8.42 Å². The van der Waals surface area contributed by atoms with Gasteiger partial charge < -0.3 is 5.11 Å². The molecule has 20 heavy (non-hydrogen) atoms. The highest BCUT2D eigenvalue weighted by Crippen LogP contribution is 2.30. The molecule has 2 N–H and O–H groups in total. The normalized spacial score (nSPS) is 11.6. The third-order valence-electron chi connectivity index (χ3n) is 2.54. The molecule has 0 radical (unpaired) electrons. The second kappa shape index (κ2) is 6.18. The lowest BCUT2D eigenvalue weighted by Crippen LogP contribution is -2.13. The van der Waals surface area contributed by atoms with Gasteiger partial charge in [0.2, 0.25) is 0 Å². The first-order valence-electron chi connectivity index (χ1n) is 5.51. The van der Waals surface area contributed by atoms with Gasteiger partial charge in [0.1, 0.15) is 4.90 Å². The van der Waals surface area contributed by atoms with Crippen LogP contribution in [0.15, 0.2) is 29.2 Å². The zero-order chi connectivity index (χ0) is 14.9. The number of sulfonamides is 1. The largest absolute Gasteiger partial charge is 0.391 e. The van der Waals surface area contributed by atoms with E-state index in [1.165, 1.54) is 17.4 Å². The molecule has 2 rings (SSSR count). The standard InChI is InChI=1S/C12H11ClINO3S2/c1-7-12(5-9(6-16)19-7)20(17,18)15-11-3-2-8(14)4-10(11)13/h2-5,15-16H,6H2,1H3. The lowest BCUT2D eigenvalue weighted by Gasteiger charge is -2.09. The molecule has 0 amide bonds. The molecule has 4 nitrogen and oxygen atoms in total. The third kappa shape index (κ3) is 3.45. The summed E-state index contributed by atoms with van der Waals surface area (Å²) < 4.78 is 28.1. The number of benzene rings is 1. The number of aryl methyl sites for hydroxylation is 1. The highest BCUT2D eigenvalue weighted by Gasteiger charge is 2.20. The van der Waals surface area contributed by atoms with Gasteiger partial charge in [-0.25, -0.2) is 8.42 Å². The summed E-state index contributed by atoms with van der Waals surface area (Å²) in [4.78, 5) is 1.40. The molecule has 0 fully saturated rings. The summed E-state index contributed by atoms with van der Waals surface area (Å²) in [6.07, 6.45) is 0. The number of thiophene rings is 1. The topological polar surface area (TPSA) is 66.4 Å². The van der Waals surface area contributed by atoms with Gasteiger partial charge in [0.05, 0.1) is 17.3 Å². The summed E-state index contributed by atoms with van der Waals surface area (Å²) in [6, 6.07) is 6.54. The summed E-state index contributed by atoms with van der Waals surface area (Å²) in [5, 5.41) is 9.42. The fourth-order valence-electron chi connectivity index (χ4n) is 1.64. The molecule has 0 atom stereocenters. The SMILES string of the molecule is Cc1sc(CO)cc1S(=O)(=O)Nc1ccc(I)cc1Cl. The zero-order valence-corrected chi connectivity index (χ0v) is 14.9. The van der Waals surface area contributed by atoms with E-state index in [0.29, 0.717) is 20.5 Å². The minimum absolute atomic E-state index is 0.168. The molecule has 1 aromatic heterocycles. The molecule has 2 aromatic rings. The van der Waals surface area contributed by atoms with Gasteiger partial charge in [-0.15, -0.1) is 11.3 Å². The van der Waals surface area contributed by atoms with Crippen LogP contribution < -0.4 is 4.72 Å². The molecule has 0 spiro atoms. The van der Waals surface area contributed by atoms with Crippen LogP contribution in [0.2, 0.25) is 5.02 Å². The maximum absolute atomic E-state index is 12.3. The van der Waals surface area contributed by atoms with Crippen molar-refractivity contribution in [2.24, 2.45) is 0 Å². The summed E-state index contributed by atoms with van der Waals surface area (Å²) in [5.41, 5.74) is 0.336. The number of nitrogens with one attached hydrogen (secondary N) is 1. The minimum Gasteiger partial charge on any atom is -0.391 e. The Labute approximate surface area is 140 Å². The molecular weight excluding hydrogens is 433 g/mol. The Kier molecular flexibility index (Phi) is 4.96. The molecule has 1 aromatic carbocycles. The lowest BCUT2D eigenvalue weighted by atomic mass is 10.3. The molecule has 8 heteroatoms. The summed E-state index contributed by atoms with van der Waals surface area (Å²) in [6.45, 7) is 1.53. The fraction of sp³-hybridized carbons (Fsp3) is 0.167. The van der Waals surface area contributed by atoms with Gasteiger partial charge in [-0.05, 0) is 53.8 Å². The van der Waals surface area contributed by atoms with Crippen LogP contribution in [0.5, 0.6) is 0 Å². The molecule has 0 unspecified atom stereocenters. The summed E-state index contributed by atoms with van der Waals surface area (Å²) >= 11 is 9.38. The van der Waals surface area contributed by atoms with E-state index in [1.54, 1.807) is 25.1 Å². The Morgan fingerprint density at radius 1 is 1.40 bits per heavy atom. The van der Waals surface area contributed by atoms with Crippen LogP contribution in [0.25, 0.3) is 0 Å². The van der Waals surface area contributed by atoms with Crippen LogP contribution in [0.3, 0.4) is 0 Å². The number of anilines is 1. The number of hydrogen-bond donors (Lipinski definition) is 2. The number of aliphatic hydroxyl groups excluding tert-OH is 1. The Morgan fingerprint density at radius 2 is 2.10 bits per heavy atom. The Hall–Kier alpha value is -0.350. The third-order valence-corrected chi connectivity index (χ3v) is 6.18. The molecular formula is C12H11ClINO3S2. The van der Waals surface area contributed by atoms with Gasteiger partial charge in [-0.1, -0.05) is 11.6 Å². The van der Waals surface area contributed by atoms with E-state index in [1.807, 2.05) is 0 Å². The number of aliphatic hydroxyl groups is 1. The Bertz CT molecular complexity index is 743. The van der Waals surface area contributed by atoms with E-state index in [4.69, 9.17) is 16.7 Å². The van der Waals surface area contributed by atoms with Crippen molar-refractivity contribution in [3.05, 3.63) is 42.6 Å². The van der Waals surface area contributed by atoms with Crippen LogP contribution >= 0.6 is 45.5 Å². The predicted molar refractivity (Wildman–Crippen MR) is 90.0 cm³/mol. The van der Waals surface area contributed by atoms with Crippen molar-refractivity contribution >= 4 is 61.2 Å². The first kappa shape index (κ1) is 16.0. The molecule has 0 aliphatic carbocycles. The van der Waals surface area contributed by atoms with Crippen molar-refractivity contribution in [3.8, 4) is 0 Å². The minimum atomic E-state index is -3.71. The van der Waals surface area contributed by atoms with Crippen molar-refractivity contribution in [1.29, 1.82) is 0 Å². The fourth-order valence-corrected chi connectivity index (χ4v) is 5.18. The first-order chi connectivity index (χ1) is 9.33. The smallest absolute Gasteiger partial charge is 0.263 e. The van der Waals surface area contributed by atoms with Crippen molar-refractivity contribution < 1.29 is 13.5 Å². The first-order valence-corrected chi connectivity index (χ1v) is 9.27. The van der Waals surface area contributed by atoms with E-state index < -0.39 is 10.0 Å². The molecule has 0 saturated heterocycles. The number of rotatable bonds is 4. The average Bonchev–Trinajstić information content (AvgIpc) is 2.75. The van der Waals surface area contributed by atoms with Gasteiger partial charge in [-0.2, -0.15) is 0 Å². The van der Waals surface area contributed by atoms with Gasteiger partial charge in [-0.3, -0.25) is 4.72 Å². The number of hydrogen-bond acceptors (Lipinski definition) is 4. The van der Waals surface area contributed by atoms with Crippen LogP contribution in [0, 0.1) is 10.5 Å². The number of halogens is 2. The van der Waals surface area contributed by atoms with Gasteiger partial charge in [0.15, 0.2) is 0 Å². The monoisotopic (exact) mass is 443 g/mol. The van der Waals surface area contributed by atoms with Gasteiger partial charge >= 0.3 is 0 Å². The second-order valence-electron chi connectivity index (χ2n) is 4.02. The summed E-state index contributed by atoms with van der Waals surface area (Å²) in [7, 11) is -3.71. The second-order valence-corrected chi connectivity index (χ2v) is 8.67. The quantitative estimate of drug-likeness (QED) is 0.710. The Balaban J connectivity index is 2.38. The molecule has 108 valence electrons. The van der Waals surface area contributed by atoms with Crippen molar-refractivity contribution in [2.75, 3.05) is 4.72 Å². The zero-order valence-electron chi connectivity index (χ0n) is 10.4. The van der Waals surface area contributed by atoms with Crippen LogP contribution in [0.4, 0.5) is 5.69 Å². The molecule has 0 aliphatic heterocycles. The maximum atomic E-state index is 12.3. The predicted octanol–water partition coefficient (Wildman–Crippen LogP) is 3.61. The van der Waals surface area contributed by atoms with Crippen LogP contribution in [-0.2, 0) is 16.6 Å². The summed E-state index contributed by atoms with van der Waals surface area (Å²) in [5.74, 6) is 0. The molecule has 0 aliphatic rings. The highest BCUT2D eigenvalue weighted by molar-refractivity contribution is 14.1. The van der Waals surface area contributed by atoms with Gasteiger partial charge in [0.25, 0.3) is 10.0 Å². The van der Waals surface area contributed by atoms with Crippen molar-refractivity contribution in [2.45, 2.75) is 18.4 Å². The Morgan fingerprint density at radius 3 is 2.65 bits per heavy atom. The van der Waals surface area contributed by atoms with Crippen molar-refractivity contribution in [1.82, 2.24) is 0 Å². The lowest BCUT2D eigenvalue weighted by molar-refractivity contribution is 0.285. The molecule has 1 heterocycles. The van der Waals surface area contributed by atoms with Gasteiger partial charge in [0, 0.05) is 13.3 Å². The van der Waals surface area contributed by atoms with Crippen LogP contribution in [0.1, 0.15) is 9.75 Å². The van der Waals surface area contributed by atoms with E-state index in [0.717, 1.165) is 3.57 Å². The van der Waals surface area contributed by atoms with Crippen molar-refractivity contribution in [3.63, 3.8) is 0 Å². The average molecular weight is 444 g/mol. The highest BCUT2D eigenvalue weighted by atomic mass is 127. The van der Waals surface area contributed by atoms with Crippen LogP contribution in [-0.4, -0.2) is 13.5 Å². The maximum Gasteiger partial charge on any atom is 0.263 e. The van der Waals surface area contributed by atoms with E-state index in [-0.39, 0.29) is 11.5 Å².